The van der Waals surface area contributed by atoms with E-state index in [0.29, 0.717) is 5.56 Å². The molecule has 1 aromatic rings. The van der Waals surface area contributed by atoms with Gasteiger partial charge in [-0.2, -0.15) is 17.6 Å². The molecule has 25 heavy (non-hydrogen) atoms. The molecule has 3 rings (SSSR count). The average molecular weight is 363 g/mol. The first kappa shape index (κ1) is 19.8. The first-order valence-corrected chi connectivity index (χ1v) is 8.57. The molecule has 1 saturated carbocycles. The maximum Gasteiger partial charge on any atom is 0.387 e. The van der Waals surface area contributed by atoms with Crippen LogP contribution in [0.25, 0.3) is 0 Å². The van der Waals surface area contributed by atoms with Crippen molar-refractivity contribution in [3.63, 3.8) is 0 Å². The summed E-state index contributed by atoms with van der Waals surface area (Å²) in [7, 11) is 2.29. The third kappa shape index (κ3) is 6.06. The number of likely N-dealkylation sites (tertiary alicyclic amines) is 1. The summed E-state index contributed by atoms with van der Waals surface area (Å²) in [4.78, 5) is 2.56. The molecule has 1 heterocycles. The lowest BCUT2D eigenvalue weighted by atomic mass is 9.85. The van der Waals surface area contributed by atoms with Gasteiger partial charge in [0.1, 0.15) is 0 Å². The monoisotopic (exact) mass is 363 g/mol. The molecule has 2 fully saturated rings. The summed E-state index contributed by atoms with van der Waals surface area (Å²) in [6, 6.07) is 4.77. The molecular formula is C18H25F4NO2. The number of rotatable bonds is 4. The largest absolute Gasteiger partial charge is 0.431 e. The molecule has 2 aliphatic rings. The van der Waals surface area contributed by atoms with Crippen LogP contribution in [0.5, 0.6) is 11.5 Å². The second kappa shape index (κ2) is 9.27. The summed E-state index contributed by atoms with van der Waals surface area (Å²) in [5.74, 6) is 0.264. The Morgan fingerprint density at radius 2 is 1.60 bits per heavy atom. The quantitative estimate of drug-likeness (QED) is 0.697. The molecule has 0 aromatic heterocycles. The van der Waals surface area contributed by atoms with Crippen LogP contribution in [0.4, 0.5) is 17.6 Å². The van der Waals surface area contributed by atoms with Crippen molar-refractivity contribution in [3.8, 4) is 11.5 Å². The van der Waals surface area contributed by atoms with Crippen molar-refractivity contribution in [1.82, 2.24) is 4.90 Å². The van der Waals surface area contributed by atoms with Gasteiger partial charge in [-0.05, 0) is 63.4 Å². The van der Waals surface area contributed by atoms with E-state index in [4.69, 9.17) is 0 Å². The zero-order valence-corrected chi connectivity index (χ0v) is 14.6. The lowest BCUT2D eigenvalue weighted by Crippen LogP contribution is -2.31. The summed E-state index contributed by atoms with van der Waals surface area (Å²) >= 11 is 0. The minimum absolute atomic E-state index is 0.398. The predicted molar refractivity (Wildman–Crippen MR) is 87.4 cm³/mol. The van der Waals surface area contributed by atoms with Gasteiger partial charge in [0, 0.05) is 6.04 Å². The molecule has 0 radical (unpaired) electrons. The molecule has 142 valence electrons. The average Bonchev–Trinajstić information content (AvgIpc) is 2.92. The molecule has 0 bridgehead atoms. The zero-order valence-electron chi connectivity index (χ0n) is 14.6. The molecular weight excluding hydrogens is 338 g/mol. The van der Waals surface area contributed by atoms with Crippen LogP contribution in [0.1, 0.15) is 37.7 Å². The Hall–Kier alpha value is -1.50. The minimum Gasteiger partial charge on any atom is -0.431 e. The second-order valence-electron chi connectivity index (χ2n) is 6.59. The molecule has 1 saturated heterocycles. The van der Waals surface area contributed by atoms with Crippen LogP contribution in [0, 0.1) is 12.8 Å². The first-order valence-electron chi connectivity index (χ1n) is 8.57. The van der Waals surface area contributed by atoms with E-state index in [-0.39, 0.29) is 0 Å². The molecule has 0 N–H and O–H groups in total. The van der Waals surface area contributed by atoms with Crippen LogP contribution in [0.15, 0.2) is 18.2 Å². The van der Waals surface area contributed by atoms with Crippen molar-refractivity contribution in [2.75, 3.05) is 13.6 Å². The maximum atomic E-state index is 11.9. The predicted octanol–water partition coefficient (Wildman–Crippen LogP) is 5.08. The van der Waals surface area contributed by atoms with Crippen molar-refractivity contribution in [1.29, 1.82) is 0 Å². The fraction of sp³-hybridized carbons (Fsp3) is 0.667. The highest BCUT2D eigenvalue weighted by atomic mass is 19.3. The lowest BCUT2D eigenvalue weighted by Gasteiger charge is -2.28. The van der Waals surface area contributed by atoms with Crippen molar-refractivity contribution in [3.05, 3.63) is 23.8 Å². The van der Waals surface area contributed by atoms with Gasteiger partial charge in [0.25, 0.3) is 0 Å². The van der Waals surface area contributed by atoms with Gasteiger partial charge in [-0.3, -0.25) is 0 Å². The van der Waals surface area contributed by atoms with E-state index in [1.807, 2.05) is 0 Å². The van der Waals surface area contributed by atoms with Crippen LogP contribution in [0.2, 0.25) is 0 Å². The SMILES string of the molecule is CN1CCC2CCCCC21.Cc1ccc(OC(F)F)c(OC(F)F)c1. The molecule has 0 spiro atoms. The summed E-state index contributed by atoms with van der Waals surface area (Å²) in [6.07, 6.45) is 7.43. The molecule has 1 aliphatic heterocycles. The Morgan fingerprint density at radius 3 is 2.24 bits per heavy atom. The first-order chi connectivity index (χ1) is 11.9. The minimum atomic E-state index is -3.08. The van der Waals surface area contributed by atoms with E-state index in [1.165, 1.54) is 50.8 Å². The van der Waals surface area contributed by atoms with E-state index in [2.05, 4.69) is 21.4 Å². The summed E-state index contributed by atoms with van der Waals surface area (Å²) in [6.45, 7) is -3.18. The third-order valence-electron chi connectivity index (χ3n) is 4.82. The molecule has 1 aromatic carbocycles. The van der Waals surface area contributed by atoms with Gasteiger partial charge in [-0.1, -0.05) is 18.9 Å². The highest BCUT2D eigenvalue weighted by Gasteiger charge is 2.32. The van der Waals surface area contributed by atoms with E-state index < -0.39 is 24.7 Å². The van der Waals surface area contributed by atoms with Crippen LogP contribution >= 0.6 is 0 Å². The molecule has 7 heteroatoms. The summed E-state index contributed by atoms with van der Waals surface area (Å²) in [5.41, 5.74) is 0.604. The number of ether oxygens (including phenoxy) is 2. The molecule has 0 amide bonds. The van der Waals surface area contributed by atoms with E-state index >= 15 is 0 Å². The Morgan fingerprint density at radius 1 is 0.960 bits per heavy atom. The number of fused-ring (bicyclic) bond motifs is 1. The van der Waals surface area contributed by atoms with E-state index in [9.17, 15) is 17.6 Å². The second-order valence-corrected chi connectivity index (χ2v) is 6.59. The van der Waals surface area contributed by atoms with Crippen molar-refractivity contribution in [2.24, 2.45) is 5.92 Å². The standard InChI is InChI=1S/C9H8F4O2.C9H17N/c1-5-2-3-6(14-8(10)11)7(4-5)15-9(12)13;1-10-7-6-8-4-2-3-5-9(8)10/h2-4,8-9H,1H3;8-9H,2-7H2,1H3. The van der Waals surface area contributed by atoms with E-state index in [1.54, 1.807) is 6.92 Å². The van der Waals surface area contributed by atoms with E-state index in [0.717, 1.165) is 18.0 Å². The summed E-state index contributed by atoms with van der Waals surface area (Å²) < 4.78 is 55.6. The van der Waals surface area contributed by atoms with Gasteiger partial charge < -0.3 is 14.4 Å². The number of benzene rings is 1. The normalized spacial score (nSPS) is 23.2. The zero-order chi connectivity index (χ0) is 18.4. The Kier molecular flexibility index (Phi) is 7.35. The molecule has 2 atom stereocenters. The topological polar surface area (TPSA) is 21.7 Å². The molecule has 2 unspecified atom stereocenters. The summed E-state index contributed by atoms with van der Waals surface area (Å²) in [5, 5.41) is 0. The maximum absolute atomic E-state index is 11.9. The van der Waals surface area contributed by atoms with Crippen molar-refractivity contribution < 1.29 is 27.0 Å². The Balaban J connectivity index is 0.000000194. The lowest BCUT2D eigenvalue weighted by molar-refractivity contribution is -0.0692. The van der Waals surface area contributed by atoms with Crippen LogP contribution in [0.3, 0.4) is 0 Å². The number of hydrogen-bond donors (Lipinski definition) is 0. The van der Waals surface area contributed by atoms with Gasteiger partial charge in [0.2, 0.25) is 0 Å². The highest BCUT2D eigenvalue weighted by molar-refractivity contribution is 5.42. The fourth-order valence-electron chi connectivity index (χ4n) is 3.64. The van der Waals surface area contributed by atoms with Gasteiger partial charge in [0.15, 0.2) is 11.5 Å². The van der Waals surface area contributed by atoms with Crippen LogP contribution in [-0.4, -0.2) is 37.8 Å². The van der Waals surface area contributed by atoms with Gasteiger partial charge in [-0.25, -0.2) is 0 Å². The van der Waals surface area contributed by atoms with Gasteiger partial charge in [0.05, 0.1) is 0 Å². The fourth-order valence-corrected chi connectivity index (χ4v) is 3.64. The number of aryl methyl sites for hydroxylation is 1. The number of alkyl halides is 4. The van der Waals surface area contributed by atoms with Crippen LogP contribution in [-0.2, 0) is 0 Å². The molecule has 1 aliphatic carbocycles. The number of nitrogens with zero attached hydrogens (tertiary/aromatic N) is 1. The van der Waals surface area contributed by atoms with Gasteiger partial charge >= 0.3 is 13.2 Å². The smallest absolute Gasteiger partial charge is 0.387 e. The van der Waals surface area contributed by atoms with Crippen molar-refractivity contribution in [2.45, 2.75) is 58.3 Å². The molecule has 3 nitrogen and oxygen atoms in total. The van der Waals surface area contributed by atoms with Crippen LogP contribution < -0.4 is 9.47 Å². The third-order valence-corrected chi connectivity index (χ3v) is 4.82. The van der Waals surface area contributed by atoms with Crippen molar-refractivity contribution >= 4 is 0 Å². The number of hydrogen-bond acceptors (Lipinski definition) is 3. The van der Waals surface area contributed by atoms with Gasteiger partial charge in [-0.15, -0.1) is 0 Å². The highest BCUT2D eigenvalue weighted by Crippen LogP contribution is 2.34. The Bertz CT molecular complexity index is 540. The Labute approximate surface area is 145 Å². The number of halogens is 4.